The second-order valence-electron chi connectivity index (χ2n) is 6.61. The molecule has 0 saturated carbocycles. The van der Waals surface area contributed by atoms with Crippen molar-refractivity contribution in [3.8, 4) is 28.3 Å². The molecule has 0 unspecified atom stereocenters. The van der Waals surface area contributed by atoms with Crippen LogP contribution in [0.3, 0.4) is 0 Å². The molecule has 4 rings (SSSR count). The Morgan fingerprint density at radius 2 is 1.97 bits per heavy atom. The standard InChI is InChI=1S/C20H18FN7O2/c1-13-6-17(15-2-4-16(5-3-15)18-24-12-30-26-18)9-23-19(13)27-11-25-28(20(27)29)10-14(7-21)8-22/h2-7,9,11-12H,8,10,22H2,1H3/b14-7+. The topological polar surface area (TPSA) is 118 Å². The molecule has 0 bridgehead atoms. The summed E-state index contributed by atoms with van der Waals surface area (Å²) in [7, 11) is 0. The molecule has 30 heavy (non-hydrogen) atoms. The lowest BCUT2D eigenvalue weighted by Crippen LogP contribution is -2.26. The van der Waals surface area contributed by atoms with E-state index in [1.54, 1.807) is 6.20 Å². The monoisotopic (exact) mass is 407 g/mol. The lowest BCUT2D eigenvalue weighted by molar-refractivity contribution is 0.419. The van der Waals surface area contributed by atoms with Crippen LogP contribution in [-0.4, -0.2) is 36.0 Å². The zero-order valence-corrected chi connectivity index (χ0v) is 16.1. The molecule has 0 atom stereocenters. The molecule has 0 aliphatic carbocycles. The number of nitrogens with zero attached hydrogens (tertiary/aromatic N) is 6. The third-order valence-electron chi connectivity index (χ3n) is 4.62. The van der Waals surface area contributed by atoms with Gasteiger partial charge in [-0.05, 0) is 29.7 Å². The van der Waals surface area contributed by atoms with Crippen LogP contribution in [0.25, 0.3) is 28.3 Å². The van der Waals surface area contributed by atoms with Crippen molar-refractivity contribution in [2.24, 2.45) is 5.73 Å². The van der Waals surface area contributed by atoms with Crippen LogP contribution in [0.2, 0.25) is 0 Å². The van der Waals surface area contributed by atoms with E-state index in [0.717, 1.165) is 26.9 Å². The quantitative estimate of drug-likeness (QED) is 0.521. The number of hydrogen-bond donors (Lipinski definition) is 1. The fourth-order valence-electron chi connectivity index (χ4n) is 3.01. The summed E-state index contributed by atoms with van der Waals surface area (Å²) < 4.78 is 20.0. The number of pyridine rings is 1. The van der Waals surface area contributed by atoms with E-state index in [1.807, 2.05) is 37.3 Å². The first kappa shape index (κ1) is 19.4. The summed E-state index contributed by atoms with van der Waals surface area (Å²) >= 11 is 0. The number of hydrogen-bond acceptors (Lipinski definition) is 7. The molecule has 0 aliphatic heterocycles. The molecule has 0 aliphatic rings. The number of rotatable bonds is 6. The Morgan fingerprint density at radius 3 is 2.60 bits per heavy atom. The van der Waals surface area contributed by atoms with Crippen LogP contribution in [0.15, 0.2) is 70.5 Å². The van der Waals surface area contributed by atoms with E-state index in [1.165, 1.54) is 17.3 Å². The molecule has 0 spiro atoms. The van der Waals surface area contributed by atoms with Crippen LogP contribution < -0.4 is 11.4 Å². The molecule has 10 heteroatoms. The fourth-order valence-corrected chi connectivity index (χ4v) is 3.01. The van der Waals surface area contributed by atoms with Crippen LogP contribution in [0, 0.1) is 6.92 Å². The molecule has 152 valence electrons. The van der Waals surface area contributed by atoms with E-state index in [4.69, 9.17) is 10.3 Å². The fraction of sp³-hybridized carbons (Fsp3) is 0.150. The van der Waals surface area contributed by atoms with Crippen molar-refractivity contribution in [3.63, 3.8) is 0 Å². The average molecular weight is 407 g/mol. The number of aromatic nitrogens is 6. The molecule has 0 saturated heterocycles. The van der Waals surface area contributed by atoms with E-state index >= 15 is 0 Å². The van der Waals surface area contributed by atoms with Gasteiger partial charge in [0.2, 0.25) is 12.2 Å². The van der Waals surface area contributed by atoms with Crippen molar-refractivity contribution in [1.82, 2.24) is 29.5 Å². The van der Waals surface area contributed by atoms with Crippen LogP contribution in [0.1, 0.15) is 5.56 Å². The van der Waals surface area contributed by atoms with Gasteiger partial charge in [-0.25, -0.2) is 23.4 Å². The Labute approximate surface area is 170 Å². The van der Waals surface area contributed by atoms with Gasteiger partial charge < -0.3 is 10.3 Å². The molecule has 9 nitrogen and oxygen atoms in total. The normalized spacial score (nSPS) is 11.8. The molecule has 3 heterocycles. The SMILES string of the molecule is Cc1cc(-c2ccc(-c3ncon3)cc2)cnc1-n1cnn(C/C(=C/F)CN)c1=O. The maximum atomic E-state index is 12.8. The highest BCUT2D eigenvalue weighted by Crippen LogP contribution is 2.24. The molecular formula is C20H18FN7O2. The van der Waals surface area contributed by atoms with E-state index in [9.17, 15) is 9.18 Å². The van der Waals surface area contributed by atoms with Gasteiger partial charge >= 0.3 is 5.69 Å². The van der Waals surface area contributed by atoms with Gasteiger partial charge in [0.1, 0.15) is 12.1 Å². The van der Waals surface area contributed by atoms with Gasteiger partial charge in [0, 0.05) is 23.9 Å². The second-order valence-corrected chi connectivity index (χ2v) is 6.61. The predicted molar refractivity (Wildman–Crippen MR) is 107 cm³/mol. The lowest BCUT2D eigenvalue weighted by Gasteiger charge is -2.08. The first-order valence-corrected chi connectivity index (χ1v) is 9.07. The molecule has 3 aromatic heterocycles. The molecule has 0 radical (unpaired) electrons. The van der Waals surface area contributed by atoms with E-state index in [-0.39, 0.29) is 18.7 Å². The van der Waals surface area contributed by atoms with Crippen molar-refractivity contribution in [1.29, 1.82) is 0 Å². The van der Waals surface area contributed by atoms with Gasteiger partial charge in [-0.3, -0.25) is 0 Å². The second kappa shape index (κ2) is 8.21. The maximum Gasteiger partial charge on any atom is 0.351 e. The van der Waals surface area contributed by atoms with Gasteiger partial charge in [-0.15, -0.1) is 0 Å². The Morgan fingerprint density at radius 1 is 1.20 bits per heavy atom. The first-order valence-electron chi connectivity index (χ1n) is 9.07. The highest BCUT2D eigenvalue weighted by Gasteiger charge is 2.13. The number of benzene rings is 1. The average Bonchev–Trinajstić information content (AvgIpc) is 3.43. The highest BCUT2D eigenvalue weighted by molar-refractivity contribution is 5.68. The summed E-state index contributed by atoms with van der Waals surface area (Å²) in [5, 5.41) is 7.85. The summed E-state index contributed by atoms with van der Waals surface area (Å²) in [4.78, 5) is 21.1. The summed E-state index contributed by atoms with van der Waals surface area (Å²) in [6.07, 6.45) is 4.73. The van der Waals surface area contributed by atoms with Crippen molar-refractivity contribution in [2.45, 2.75) is 13.5 Å². The maximum absolute atomic E-state index is 12.8. The van der Waals surface area contributed by atoms with Gasteiger partial charge in [-0.2, -0.15) is 10.1 Å². The van der Waals surface area contributed by atoms with Crippen LogP contribution in [-0.2, 0) is 6.54 Å². The van der Waals surface area contributed by atoms with Gasteiger partial charge in [-0.1, -0.05) is 29.4 Å². The minimum Gasteiger partial charge on any atom is -0.342 e. The minimum atomic E-state index is -0.421. The van der Waals surface area contributed by atoms with Gasteiger partial charge in [0.25, 0.3) is 0 Å². The van der Waals surface area contributed by atoms with Gasteiger partial charge in [0.05, 0.1) is 12.9 Å². The molecule has 0 fully saturated rings. The van der Waals surface area contributed by atoms with Crippen molar-refractivity contribution in [2.75, 3.05) is 6.54 Å². The molecule has 2 N–H and O–H groups in total. The zero-order valence-electron chi connectivity index (χ0n) is 16.1. The van der Waals surface area contributed by atoms with Crippen molar-refractivity contribution in [3.05, 3.63) is 77.2 Å². The highest BCUT2D eigenvalue weighted by atomic mass is 19.1. The van der Waals surface area contributed by atoms with Crippen molar-refractivity contribution < 1.29 is 8.91 Å². The molecular weight excluding hydrogens is 389 g/mol. The van der Waals surface area contributed by atoms with Crippen LogP contribution in [0.4, 0.5) is 4.39 Å². The number of nitrogens with two attached hydrogens (primary N) is 1. The van der Waals surface area contributed by atoms with E-state index in [0.29, 0.717) is 18.0 Å². The molecule has 0 amide bonds. The minimum absolute atomic E-state index is 0.00723. The zero-order chi connectivity index (χ0) is 21.1. The van der Waals surface area contributed by atoms with Crippen LogP contribution >= 0.6 is 0 Å². The van der Waals surface area contributed by atoms with E-state index < -0.39 is 5.69 Å². The Bertz CT molecular complexity index is 1240. The number of halogens is 1. The number of aryl methyl sites for hydroxylation is 1. The van der Waals surface area contributed by atoms with E-state index in [2.05, 4.69) is 20.2 Å². The smallest absolute Gasteiger partial charge is 0.342 e. The summed E-state index contributed by atoms with van der Waals surface area (Å²) in [6.45, 7) is 1.85. The van der Waals surface area contributed by atoms with Crippen molar-refractivity contribution >= 4 is 0 Å². The Hall–Kier alpha value is -3.92. The van der Waals surface area contributed by atoms with Crippen LogP contribution in [0.5, 0.6) is 0 Å². The predicted octanol–water partition coefficient (Wildman–Crippen LogP) is 2.27. The first-order chi connectivity index (χ1) is 14.6. The summed E-state index contributed by atoms with van der Waals surface area (Å²) in [5.74, 6) is 0.972. The van der Waals surface area contributed by atoms with Gasteiger partial charge in [0.15, 0.2) is 0 Å². The molecule has 1 aromatic carbocycles. The summed E-state index contributed by atoms with van der Waals surface area (Å²) in [6, 6.07) is 9.59. The lowest BCUT2D eigenvalue weighted by atomic mass is 10.0. The third-order valence-corrected chi connectivity index (χ3v) is 4.62. The largest absolute Gasteiger partial charge is 0.351 e. The Kier molecular flexibility index (Phi) is 5.31. The molecule has 4 aromatic rings. The Balaban J connectivity index is 1.61. The third kappa shape index (κ3) is 3.67. The summed E-state index contributed by atoms with van der Waals surface area (Å²) in [5.41, 5.74) is 8.77.